The molecule has 1 aliphatic heterocycles. The number of hydrogen-bond acceptors (Lipinski definition) is 4. The molecule has 0 atom stereocenters. The molecule has 0 aliphatic carbocycles. The van der Waals surface area contributed by atoms with Gasteiger partial charge in [0.1, 0.15) is 0 Å². The predicted molar refractivity (Wildman–Crippen MR) is 67.8 cm³/mol. The van der Waals surface area contributed by atoms with E-state index in [-0.39, 0.29) is 5.60 Å². The molecule has 1 aliphatic rings. The summed E-state index contributed by atoms with van der Waals surface area (Å²) in [6, 6.07) is 4.10. The second-order valence-corrected chi connectivity index (χ2v) is 5.00. The first-order valence-corrected chi connectivity index (χ1v) is 6.10. The molecule has 0 amide bonds. The normalized spacial score (nSPS) is 18.1. The Morgan fingerprint density at radius 3 is 2.71 bits per heavy atom. The van der Waals surface area contributed by atoms with Crippen molar-refractivity contribution in [2.45, 2.75) is 19.1 Å². The van der Waals surface area contributed by atoms with Gasteiger partial charge in [-0.2, -0.15) is 0 Å². The number of likely N-dealkylation sites (N-methyl/N-ethyl adjacent to an activating group) is 1. The maximum atomic E-state index is 5.86. The predicted octanol–water partition coefficient (Wildman–Crippen LogP) is 0.892. The molecule has 4 nitrogen and oxygen atoms in total. The number of pyridine rings is 1. The maximum Gasteiger partial charge on any atom is 0.0902 e. The molecule has 1 N–H and O–H groups in total. The van der Waals surface area contributed by atoms with E-state index in [0.29, 0.717) is 0 Å². The Hall–Kier alpha value is -0.970. The summed E-state index contributed by atoms with van der Waals surface area (Å²) < 4.78 is 5.86. The van der Waals surface area contributed by atoms with Gasteiger partial charge < -0.3 is 10.1 Å². The summed E-state index contributed by atoms with van der Waals surface area (Å²) in [5.74, 6) is 0. The first kappa shape index (κ1) is 12.5. The molecule has 17 heavy (non-hydrogen) atoms. The van der Waals surface area contributed by atoms with Crippen molar-refractivity contribution in [2.24, 2.45) is 0 Å². The van der Waals surface area contributed by atoms with Crippen LogP contribution in [0.2, 0.25) is 0 Å². The van der Waals surface area contributed by atoms with Crippen molar-refractivity contribution in [1.29, 1.82) is 0 Å². The van der Waals surface area contributed by atoms with Gasteiger partial charge in [0.15, 0.2) is 0 Å². The fourth-order valence-corrected chi connectivity index (χ4v) is 1.91. The molecular formula is C13H21N3O. The van der Waals surface area contributed by atoms with E-state index in [0.717, 1.165) is 32.8 Å². The van der Waals surface area contributed by atoms with E-state index in [1.54, 1.807) is 0 Å². The zero-order valence-corrected chi connectivity index (χ0v) is 10.6. The lowest BCUT2D eigenvalue weighted by molar-refractivity contribution is -0.0712. The fraction of sp³-hybridized carbons (Fsp3) is 0.615. The minimum atomic E-state index is 0.0670. The number of rotatable bonds is 6. The summed E-state index contributed by atoms with van der Waals surface area (Å²) in [7, 11) is 2.12. The SMILES string of the molecule is CN(CCOC1(C)CNC1)Cc1ccncc1. The van der Waals surface area contributed by atoms with E-state index in [4.69, 9.17) is 4.74 Å². The van der Waals surface area contributed by atoms with Crippen LogP contribution >= 0.6 is 0 Å². The Kier molecular flexibility index (Phi) is 4.10. The Morgan fingerprint density at radius 2 is 2.12 bits per heavy atom. The Morgan fingerprint density at radius 1 is 1.41 bits per heavy atom. The van der Waals surface area contributed by atoms with Gasteiger partial charge in [-0.15, -0.1) is 0 Å². The van der Waals surface area contributed by atoms with Crippen LogP contribution in [0.25, 0.3) is 0 Å². The van der Waals surface area contributed by atoms with Crippen LogP contribution in [0.5, 0.6) is 0 Å². The van der Waals surface area contributed by atoms with Crippen molar-refractivity contribution in [1.82, 2.24) is 15.2 Å². The molecule has 1 aromatic rings. The summed E-state index contributed by atoms with van der Waals surface area (Å²) in [5, 5.41) is 3.23. The third kappa shape index (κ3) is 3.77. The number of ether oxygens (including phenoxy) is 1. The minimum Gasteiger partial charge on any atom is -0.371 e. The van der Waals surface area contributed by atoms with Gasteiger partial charge in [-0.25, -0.2) is 0 Å². The fourth-order valence-electron chi connectivity index (χ4n) is 1.91. The molecule has 0 aromatic carbocycles. The molecule has 0 spiro atoms. The summed E-state index contributed by atoms with van der Waals surface area (Å²) in [6.07, 6.45) is 3.67. The van der Waals surface area contributed by atoms with Crippen LogP contribution in [0, 0.1) is 0 Å². The van der Waals surface area contributed by atoms with Crippen LogP contribution in [0.15, 0.2) is 24.5 Å². The maximum absolute atomic E-state index is 5.86. The number of hydrogen-bond donors (Lipinski definition) is 1. The third-order valence-corrected chi connectivity index (χ3v) is 3.12. The van der Waals surface area contributed by atoms with Crippen molar-refractivity contribution in [3.05, 3.63) is 30.1 Å². The van der Waals surface area contributed by atoms with Gasteiger partial charge in [-0.1, -0.05) is 0 Å². The van der Waals surface area contributed by atoms with Gasteiger partial charge in [0.25, 0.3) is 0 Å². The lowest BCUT2D eigenvalue weighted by Gasteiger charge is -2.39. The lowest BCUT2D eigenvalue weighted by atomic mass is 10.0. The van der Waals surface area contributed by atoms with Gasteiger partial charge in [0.05, 0.1) is 12.2 Å². The molecule has 94 valence electrons. The first-order valence-electron chi connectivity index (χ1n) is 6.10. The molecule has 4 heteroatoms. The van der Waals surface area contributed by atoms with Crippen LogP contribution in [-0.2, 0) is 11.3 Å². The van der Waals surface area contributed by atoms with Gasteiger partial charge in [0.2, 0.25) is 0 Å². The molecule has 2 heterocycles. The Balaban J connectivity index is 1.65. The first-order chi connectivity index (χ1) is 8.18. The van der Waals surface area contributed by atoms with Crippen LogP contribution in [0.3, 0.4) is 0 Å². The van der Waals surface area contributed by atoms with Crippen molar-refractivity contribution in [3.63, 3.8) is 0 Å². The Bertz CT molecular complexity index is 338. The molecule has 0 unspecified atom stereocenters. The summed E-state index contributed by atoms with van der Waals surface area (Å²) >= 11 is 0. The molecule has 1 aromatic heterocycles. The van der Waals surface area contributed by atoms with E-state index < -0.39 is 0 Å². The largest absolute Gasteiger partial charge is 0.371 e. The summed E-state index contributed by atoms with van der Waals surface area (Å²) in [4.78, 5) is 6.28. The van der Waals surface area contributed by atoms with Gasteiger partial charge in [-0.3, -0.25) is 9.88 Å². The molecule has 2 rings (SSSR count). The van der Waals surface area contributed by atoms with Crippen LogP contribution in [0.1, 0.15) is 12.5 Å². The number of nitrogens with zero attached hydrogens (tertiary/aromatic N) is 2. The monoisotopic (exact) mass is 235 g/mol. The third-order valence-electron chi connectivity index (χ3n) is 3.12. The van der Waals surface area contributed by atoms with Crippen LogP contribution < -0.4 is 5.32 Å². The van der Waals surface area contributed by atoms with E-state index in [2.05, 4.69) is 41.3 Å². The molecule has 1 saturated heterocycles. The highest BCUT2D eigenvalue weighted by molar-refractivity contribution is 5.09. The zero-order chi connectivity index (χ0) is 12.1. The van der Waals surface area contributed by atoms with Crippen LogP contribution in [0.4, 0.5) is 0 Å². The average Bonchev–Trinajstić information content (AvgIpc) is 2.28. The zero-order valence-electron chi connectivity index (χ0n) is 10.6. The quantitative estimate of drug-likeness (QED) is 0.794. The standard InChI is InChI=1S/C13H21N3O/c1-13(10-15-11-13)17-8-7-16(2)9-12-3-5-14-6-4-12/h3-6,15H,7-11H2,1-2H3. The second-order valence-electron chi connectivity index (χ2n) is 5.00. The van der Waals surface area contributed by atoms with E-state index in [1.165, 1.54) is 5.56 Å². The summed E-state index contributed by atoms with van der Waals surface area (Å²) in [5.41, 5.74) is 1.36. The topological polar surface area (TPSA) is 37.4 Å². The van der Waals surface area contributed by atoms with Crippen LogP contribution in [-0.4, -0.2) is 48.8 Å². The van der Waals surface area contributed by atoms with Crippen molar-refractivity contribution in [2.75, 3.05) is 33.3 Å². The second kappa shape index (κ2) is 5.58. The highest BCUT2D eigenvalue weighted by atomic mass is 16.5. The van der Waals surface area contributed by atoms with Crippen molar-refractivity contribution < 1.29 is 4.74 Å². The average molecular weight is 235 g/mol. The Labute approximate surface area is 103 Å². The molecule has 0 saturated carbocycles. The van der Waals surface area contributed by atoms with E-state index in [9.17, 15) is 0 Å². The minimum absolute atomic E-state index is 0.0670. The van der Waals surface area contributed by atoms with Gasteiger partial charge in [-0.05, 0) is 31.7 Å². The smallest absolute Gasteiger partial charge is 0.0902 e. The molecule has 1 fully saturated rings. The highest BCUT2D eigenvalue weighted by Crippen LogP contribution is 2.14. The van der Waals surface area contributed by atoms with E-state index in [1.807, 2.05) is 12.4 Å². The van der Waals surface area contributed by atoms with Crippen molar-refractivity contribution >= 4 is 0 Å². The van der Waals surface area contributed by atoms with E-state index >= 15 is 0 Å². The summed E-state index contributed by atoms with van der Waals surface area (Å²) in [6.45, 7) is 6.80. The lowest BCUT2D eigenvalue weighted by Crippen LogP contribution is -2.59. The van der Waals surface area contributed by atoms with Gasteiger partial charge >= 0.3 is 0 Å². The molecule has 0 bridgehead atoms. The number of aromatic nitrogens is 1. The highest BCUT2D eigenvalue weighted by Gasteiger charge is 2.32. The molecule has 0 radical (unpaired) electrons. The van der Waals surface area contributed by atoms with Crippen molar-refractivity contribution in [3.8, 4) is 0 Å². The van der Waals surface area contributed by atoms with Gasteiger partial charge in [0, 0.05) is 38.6 Å². The molecular weight excluding hydrogens is 214 g/mol. The number of nitrogens with one attached hydrogen (secondary N) is 1.